The van der Waals surface area contributed by atoms with Gasteiger partial charge in [0, 0.05) is 75.9 Å². The highest BCUT2D eigenvalue weighted by Crippen LogP contribution is 2.41. The van der Waals surface area contributed by atoms with Crippen LogP contribution in [0.4, 0.5) is 17.1 Å². The van der Waals surface area contributed by atoms with Crippen LogP contribution >= 0.6 is 0 Å². The zero-order valence-electron chi connectivity index (χ0n) is 21.9. The number of fused-ring (bicyclic) bond motifs is 1. The van der Waals surface area contributed by atoms with Gasteiger partial charge in [-0.3, -0.25) is 9.69 Å². The third-order valence-electron chi connectivity index (χ3n) is 7.42. The first-order valence-corrected chi connectivity index (χ1v) is 13.2. The van der Waals surface area contributed by atoms with E-state index in [4.69, 9.17) is 18.9 Å². The van der Waals surface area contributed by atoms with Gasteiger partial charge in [0.15, 0.2) is 6.10 Å². The molecule has 1 unspecified atom stereocenters. The van der Waals surface area contributed by atoms with Crippen molar-refractivity contribution in [3.63, 3.8) is 0 Å². The number of carbonyl (C=O) groups is 1. The molecule has 1 N–H and O–H groups in total. The van der Waals surface area contributed by atoms with Crippen molar-refractivity contribution >= 4 is 23.0 Å². The lowest BCUT2D eigenvalue weighted by Crippen LogP contribution is -2.47. The number of piperazine rings is 1. The van der Waals surface area contributed by atoms with E-state index in [9.17, 15) is 4.79 Å². The molecule has 1 amide bonds. The molecule has 0 spiro atoms. The van der Waals surface area contributed by atoms with Gasteiger partial charge in [-0.1, -0.05) is 0 Å². The van der Waals surface area contributed by atoms with Crippen LogP contribution in [0.2, 0.25) is 0 Å². The van der Waals surface area contributed by atoms with Crippen LogP contribution in [0.1, 0.15) is 12.0 Å². The molecule has 2 fully saturated rings. The average molecular weight is 511 g/mol. The monoisotopic (exact) mass is 510 g/mol. The molecule has 37 heavy (non-hydrogen) atoms. The van der Waals surface area contributed by atoms with Crippen molar-refractivity contribution in [1.82, 2.24) is 4.90 Å². The summed E-state index contributed by atoms with van der Waals surface area (Å²) < 4.78 is 22.7. The van der Waals surface area contributed by atoms with Crippen LogP contribution in [0.25, 0.3) is 0 Å². The first-order valence-electron chi connectivity index (χ1n) is 13.2. The van der Waals surface area contributed by atoms with Crippen LogP contribution in [-0.2, 0) is 20.7 Å². The molecule has 0 bridgehead atoms. The number of anilines is 3. The van der Waals surface area contributed by atoms with Gasteiger partial charge in [-0.05, 0) is 43.2 Å². The van der Waals surface area contributed by atoms with Gasteiger partial charge in [-0.2, -0.15) is 0 Å². The van der Waals surface area contributed by atoms with Crippen LogP contribution in [0, 0.1) is 0 Å². The van der Waals surface area contributed by atoms with Crippen LogP contribution in [0.3, 0.4) is 0 Å². The maximum absolute atomic E-state index is 13.2. The Hall–Kier alpha value is -3.01. The minimum atomic E-state index is -0.540. The number of nitrogens with zero attached hydrogens (tertiary/aromatic N) is 3. The normalized spacial score (nSPS) is 20.2. The number of benzene rings is 2. The lowest BCUT2D eigenvalue weighted by molar-refractivity contribution is -0.123. The van der Waals surface area contributed by atoms with Crippen molar-refractivity contribution in [3.8, 4) is 11.5 Å². The quantitative estimate of drug-likeness (QED) is 0.581. The highest BCUT2D eigenvalue weighted by atomic mass is 16.5. The van der Waals surface area contributed by atoms with E-state index in [1.807, 2.05) is 24.3 Å². The Bertz CT molecular complexity index is 1050. The van der Waals surface area contributed by atoms with Crippen molar-refractivity contribution in [2.24, 2.45) is 0 Å². The number of amides is 1. The number of ether oxygens (including phenoxy) is 4. The van der Waals surface area contributed by atoms with E-state index in [0.717, 1.165) is 106 Å². The van der Waals surface area contributed by atoms with Gasteiger partial charge in [0.1, 0.15) is 11.5 Å². The Balaban J connectivity index is 1.25. The molecule has 0 radical (unpaired) electrons. The third kappa shape index (κ3) is 6.11. The summed E-state index contributed by atoms with van der Waals surface area (Å²) in [6.45, 7) is 8.63. The number of aryl methyl sites for hydroxylation is 1. The fraction of sp³-hybridized carbons (Fsp3) is 0.536. The number of hydrogen-bond donors (Lipinski definition) is 1. The summed E-state index contributed by atoms with van der Waals surface area (Å²) in [7, 11) is 3.43. The summed E-state index contributed by atoms with van der Waals surface area (Å²) in [6, 6.07) is 12.1. The molecule has 0 aliphatic carbocycles. The SMILES string of the molecule is COCCN1CCN(c2cc(OC)cc3c2OC(C(=O)Nc2ccc(N4CCOCC4)cc2)CC3)CC1. The van der Waals surface area contributed by atoms with E-state index < -0.39 is 6.10 Å². The summed E-state index contributed by atoms with van der Waals surface area (Å²) >= 11 is 0. The molecule has 5 rings (SSSR count). The Labute approximate surface area is 219 Å². The summed E-state index contributed by atoms with van der Waals surface area (Å²) in [6.07, 6.45) is 0.852. The number of nitrogens with one attached hydrogen (secondary N) is 1. The fourth-order valence-corrected chi connectivity index (χ4v) is 5.22. The third-order valence-corrected chi connectivity index (χ3v) is 7.42. The number of hydrogen-bond acceptors (Lipinski definition) is 8. The fourth-order valence-electron chi connectivity index (χ4n) is 5.22. The second-order valence-electron chi connectivity index (χ2n) is 9.74. The highest BCUT2D eigenvalue weighted by molar-refractivity contribution is 5.95. The minimum absolute atomic E-state index is 0.115. The Morgan fingerprint density at radius 2 is 1.76 bits per heavy atom. The van der Waals surface area contributed by atoms with E-state index in [2.05, 4.69) is 32.1 Å². The van der Waals surface area contributed by atoms with Gasteiger partial charge in [0.25, 0.3) is 5.91 Å². The topological polar surface area (TPSA) is 75.7 Å². The molecule has 1 atom stereocenters. The Morgan fingerprint density at radius 1 is 1.00 bits per heavy atom. The first-order chi connectivity index (χ1) is 18.1. The van der Waals surface area contributed by atoms with Crippen molar-refractivity contribution in [2.75, 3.05) is 95.0 Å². The van der Waals surface area contributed by atoms with Gasteiger partial charge in [0.2, 0.25) is 0 Å². The van der Waals surface area contributed by atoms with E-state index in [1.165, 1.54) is 0 Å². The van der Waals surface area contributed by atoms with E-state index in [-0.39, 0.29) is 5.91 Å². The second-order valence-corrected chi connectivity index (χ2v) is 9.74. The smallest absolute Gasteiger partial charge is 0.265 e. The zero-order chi connectivity index (χ0) is 25.6. The standard InChI is InChI=1S/C28H38N4O5/c1-34-16-13-30-9-11-32(12-10-30)25-20-24(35-2)19-21-3-8-26(37-27(21)25)28(33)29-22-4-6-23(7-5-22)31-14-17-36-18-15-31/h4-7,19-20,26H,3,8-18H2,1-2H3,(H,29,33). The van der Waals surface area contributed by atoms with Gasteiger partial charge >= 0.3 is 0 Å². The predicted octanol–water partition coefficient (Wildman–Crippen LogP) is 2.63. The Kier molecular flexibility index (Phi) is 8.33. The number of carbonyl (C=O) groups excluding carboxylic acids is 1. The molecule has 0 saturated carbocycles. The zero-order valence-corrected chi connectivity index (χ0v) is 21.9. The molecule has 3 aliphatic heterocycles. The molecule has 3 aliphatic rings. The summed E-state index contributed by atoms with van der Waals surface area (Å²) in [4.78, 5) is 20.2. The molecule has 200 valence electrons. The van der Waals surface area contributed by atoms with Crippen molar-refractivity contribution in [2.45, 2.75) is 18.9 Å². The van der Waals surface area contributed by atoms with Gasteiger partial charge in [-0.15, -0.1) is 0 Å². The maximum atomic E-state index is 13.2. The van der Waals surface area contributed by atoms with E-state index >= 15 is 0 Å². The van der Waals surface area contributed by atoms with E-state index in [1.54, 1.807) is 14.2 Å². The largest absolute Gasteiger partial charge is 0.497 e. The molecular weight excluding hydrogens is 472 g/mol. The number of methoxy groups -OCH3 is 2. The first kappa shape index (κ1) is 25.6. The van der Waals surface area contributed by atoms with Crippen molar-refractivity contribution < 1.29 is 23.7 Å². The highest BCUT2D eigenvalue weighted by Gasteiger charge is 2.31. The van der Waals surface area contributed by atoms with Gasteiger partial charge in [-0.25, -0.2) is 0 Å². The lowest BCUT2D eigenvalue weighted by Gasteiger charge is -2.38. The van der Waals surface area contributed by atoms with E-state index in [0.29, 0.717) is 6.42 Å². The van der Waals surface area contributed by atoms with Crippen LogP contribution in [-0.4, -0.2) is 96.8 Å². The van der Waals surface area contributed by atoms with Gasteiger partial charge in [0.05, 0.1) is 32.6 Å². The van der Waals surface area contributed by atoms with Crippen LogP contribution in [0.15, 0.2) is 36.4 Å². The summed E-state index contributed by atoms with van der Waals surface area (Å²) in [5.41, 5.74) is 4.02. The van der Waals surface area contributed by atoms with Crippen molar-refractivity contribution in [3.05, 3.63) is 42.0 Å². The number of morpholine rings is 1. The molecule has 2 aromatic carbocycles. The van der Waals surface area contributed by atoms with Crippen molar-refractivity contribution in [1.29, 1.82) is 0 Å². The van der Waals surface area contributed by atoms with Crippen LogP contribution in [0.5, 0.6) is 11.5 Å². The second kappa shape index (κ2) is 12.0. The molecule has 2 aromatic rings. The molecular formula is C28H38N4O5. The minimum Gasteiger partial charge on any atom is -0.497 e. The maximum Gasteiger partial charge on any atom is 0.265 e. The summed E-state index contributed by atoms with van der Waals surface area (Å²) in [5.74, 6) is 1.51. The molecule has 3 heterocycles. The van der Waals surface area contributed by atoms with Crippen LogP contribution < -0.4 is 24.6 Å². The molecule has 2 saturated heterocycles. The number of rotatable bonds is 8. The lowest BCUT2D eigenvalue weighted by atomic mass is 9.99. The predicted molar refractivity (Wildman–Crippen MR) is 144 cm³/mol. The summed E-state index contributed by atoms with van der Waals surface area (Å²) in [5, 5.41) is 3.06. The molecule has 0 aromatic heterocycles. The molecule has 9 nitrogen and oxygen atoms in total. The molecule has 9 heteroatoms. The van der Waals surface area contributed by atoms with Gasteiger partial charge < -0.3 is 34.1 Å². The average Bonchev–Trinajstić information content (AvgIpc) is 2.96. The Morgan fingerprint density at radius 3 is 2.46 bits per heavy atom.